The van der Waals surface area contributed by atoms with Gasteiger partial charge >= 0.3 is 0 Å². The van der Waals surface area contributed by atoms with E-state index in [0.717, 1.165) is 35.5 Å². The van der Waals surface area contributed by atoms with Crippen LogP contribution in [0.25, 0.3) is 0 Å². The Balaban J connectivity index is 1.55. The van der Waals surface area contributed by atoms with Crippen LogP contribution < -0.4 is 0 Å². The van der Waals surface area contributed by atoms with Crippen molar-refractivity contribution in [3.05, 3.63) is 36.0 Å². The molecule has 0 radical (unpaired) electrons. The molecule has 4 aliphatic rings. The molecule has 0 aromatic heterocycles. The Morgan fingerprint density at radius 1 is 0.964 bits per heavy atom. The summed E-state index contributed by atoms with van der Waals surface area (Å²) in [4.78, 5) is 0. The van der Waals surface area contributed by atoms with Crippen LogP contribution in [0, 0.1) is 52.3 Å². The van der Waals surface area contributed by atoms with Crippen molar-refractivity contribution < 1.29 is 0 Å². The second-order valence-corrected chi connectivity index (χ2v) is 11.7. The summed E-state index contributed by atoms with van der Waals surface area (Å²) in [5.41, 5.74) is 2.69. The third-order valence-electron chi connectivity index (χ3n) is 10.1. The van der Waals surface area contributed by atoms with Gasteiger partial charge < -0.3 is 0 Å². The molecule has 0 amide bonds. The van der Waals surface area contributed by atoms with Crippen LogP contribution in [0.5, 0.6) is 0 Å². The molecule has 28 heavy (non-hydrogen) atoms. The van der Waals surface area contributed by atoms with Gasteiger partial charge in [0.2, 0.25) is 0 Å². The molecule has 0 nitrogen and oxygen atoms in total. The Labute approximate surface area is 175 Å². The summed E-state index contributed by atoms with van der Waals surface area (Å²) in [6, 6.07) is 0. The van der Waals surface area contributed by atoms with Gasteiger partial charge in [-0.15, -0.1) is 0 Å². The van der Waals surface area contributed by atoms with E-state index in [4.69, 9.17) is 0 Å². The van der Waals surface area contributed by atoms with Crippen LogP contribution in [-0.2, 0) is 0 Å². The third-order valence-corrected chi connectivity index (χ3v) is 10.1. The van der Waals surface area contributed by atoms with E-state index in [2.05, 4.69) is 71.9 Å². The highest BCUT2D eigenvalue weighted by molar-refractivity contribution is 5.35. The lowest BCUT2D eigenvalue weighted by molar-refractivity contribution is -0.0214. The van der Waals surface area contributed by atoms with E-state index in [-0.39, 0.29) is 0 Å². The molecule has 2 saturated carbocycles. The number of hydrogen-bond acceptors (Lipinski definition) is 0. The second-order valence-electron chi connectivity index (χ2n) is 11.7. The number of rotatable bonds is 4. The third kappa shape index (κ3) is 3.18. The zero-order chi connectivity index (χ0) is 20.1. The topological polar surface area (TPSA) is 0 Å². The average Bonchev–Trinajstić information content (AvgIpc) is 3.02. The lowest BCUT2D eigenvalue weighted by Gasteiger charge is -2.56. The van der Waals surface area contributed by atoms with Gasteiger partial charge in [-0.3, -0.25) is 0 Å². The van der Waals surface area contributed by atoms with Crippen LogP contribution in [0.4, 0.5) is 0 Å². The molecule has 4 aliphatic carbocycles. The van der Waals surface area contributed by atoms with Crippen LogP contribution >= 0.6 is 0 Å². The molecule has 0 N–H and O–H groups in total. The fourth-order valence-electron chi connectivity index (χ4n) is 7.79. The Morgan fingerprint density at radius 3 is 2.50 bits per heavy atom. The predicted molar refractivity (Wildman–Crippen MR) is 122 cm³/mol. The normalized spacial score (nSPS) is 44.8. The second kappa shape index (κ2) is 7.48. The Hall–Kier alpha value is -0.780. The van der Waals surface area contributed by atoms with Gasteiger partial charge in [0.15, 0.2) is 0 Å². The summed E-state index contributed by atoms with van der Waals surface area (Å²) in [6.45, 7) is 14.8. The molecule has 0 aliphatic heterocycles. The first-order chi connectivity index (χ1) is 13.3. The number of hydrogen-bond donors (Lipinski definition) is 0. The van der Waals surface area contributed by atoms with Crippen LogP contribution in [0.15, 0.2) is 36.0 Å². The van der Waals surface area contributed by atoms with E-state index in [9.17, 15) is 0 Å². The Kier molecular flexibility index (Phi) is 5.47. The maximum Gasteiger partial charge on any atom is -0.00445 e. The zero-order valence-corrected chi connectivity index (χ0v) is 19.4. The van der Waals surface area contributed by atoms with Crippen LogP contribution in [0.1, 0.15) is 86.5 Å². The van der Waals surface area contributed by atoms with Crippen molar-refractivity contribution >= 4 is 0 Å². The van der Waals surface area contributed by atoms with E-state index in [1.165, 1.54) is 44.9 Å². The molecule has 4 rings (SSSR count). The van der Waals surface area contributed by atoms with Gasteiger partial charge in [0.05, 0.1) is 0 Å². The van der Waals surface area contributed by atoms with E-state index in [1.54, 1.807) is 5.57 Å². The van der Waals surface area contributed by atoms with Gasteiger partial charge in [-0.2, -0.15) is 0 Å². The van der Waals surface area contributed by atoms with Crippen LogP contribution in [0.2, 0.25) is 0 Å². The standard InChI is InChI=1S/C28H44/c1-19(2)20(3)10-11-21(4)24-14-15-25-23-13-12-22-9-7-8-17-27(22,5)26(23)16-18-28(24,25)6/h9-13,19-21,23-26H,7-8,14-18H2,1-6H3/b11-10+/t20-,21+,23-,24+,25-,26-,27-,28+/m0/s1. The summed E-state index contributed by atoms with van der Waals surface area (Å²) < 4.78 is 0. The zero-order valence-electron chi connectivity index (χ0n) is 19.4. The van der Waals surface area contributed by atoms with Crippen molar-refractivity contribution in [1.29, 1.82) is 0 Å². The van der Waals surface area contributed by atoms with Crippen molar-refractivity contribution in [2.45, 2.75) is 86.5 Å². The lowest BCUT2D eigenvalue weighted by atomic mass is 9.48. The highest BCUT2D eigenvalue weighted by Crippen LogP contribution is 2.66. The predicted octanol–water partition coefficient (Wildman–Crippen LogP) is 8.22. The highest BCUT2D eigenvalue weighted by atomic mass is 14.6. The van der Waals surface area contributed by atoms with Crippen molar-refractivity contribution in [3.63, 3.8) is 0 Å². The maximum atomic E-state index is 2.67. The van der Waals surface area contributed by atoms with Gasteiger partial charge in [-0.25, -0.2) is 0 Å². The van der Waals surface area contributed by atoms with E-state index in [1.807, 2.05) is 0 Å². The summed E-state index contributed by atoms with van der Waals surface area (Å²) in [5, 5.41) is 0. The molecule has 8 atom stereocenters. The van der Waals surface area contributed by atoms with Crippen molar-refractivity contribution in [2.24, 2.45) is 52.3 Å². The molecule has 2 fully saturated rings. The fraction of sp³-hybridized carbons (Fsp3) is 0.786. The summed E-state index contributed by atoms with van der Waals surface area (Å²) in [7, 11) is 0. The molecule has 0 aromatic rings. The molecule has 0 unspecified atom stereocenters. The minimum Gasteiger partial charge on any atom is -0.0852 e. The van der Waals surface area contributed by atoms with Crippen LogP contribution in [-0.4, -0.2) is 0 Å². The van der Waals surface area contributed by atoms with Crippen molar-refractivity contribution in [2.75, 3.05) is 0 Å². The van der Waals surface area contributed by atoms with E-state index >= 15 is 0 Å². The molecule has 0 aromatic carbocycles. The first kappa shape index (κ1) is 20.5. The molecule has 0 spiro atoms. The first-order valence-corrected chi connectivity index (χ1v) is 12.3. The molecule has 0 heteroatoms. The fourth-order valence-corrected chi connectivity index (χ4v) is 7.79. The van der Waals surface area contributed by atoms with Gasteiger partial charge in [0, 0.05) is 0 Å². The van der Waals surface area contributed by atoms with Crippen molar-refractivity contribution in [1.82, 2.24) is 0 Å². The Morgan fingerprint density at radius 2 is 1.75 bits per heavy atom. The average molecular weight is 381 g/mol. The summed E-state index contributed by atoms with van der Waals surface area (Å²) in [5.74, 6) is 5.67. The SMILES string of the molecule is CC(C)[C@@H](C)/C=C/[C@@H](C)[C@H]1CC[C@H]2[C@@H]3C=CC4=CCCC[C@]4(C)[C@H]3CC[C@]12C. The van der Waals surface area contributed by atoms with Gasteiger partial charge in [-0.05, 0) is 103 Å². The first-order valence-electron chi connectivity index (χ1n) is 12.3. The lowest BCUT2D eigenvalue weighted by Crippen LogP contribution is -2.49. The van der Waals surface area contributed by atoms with Crippen LogP contribution in [0.3, 0.4) is 0 Å². The van der Waals surface area contributed by atoms with Gasteiger partial charge in [0.1, 0.15) is 0 Å². The summed E-state index contributed by atoms with van der Waals surface area (Å²) in [6.07, 6.45) is 22.8. The Bertz CT molecular complexity index is 664. The highest BCUT2D eigenvalue weighted by Gasteiger charge is 2.58. The maximum absolute atomic E-state index is 2.67. The molecule has 0 saturated heterocycles. The van der Waals surface area contributed by atoms with E-state index in [0.29, 0.717) is 16.7 Å². The van der Waals surface area contributed by atoms with Gasteiger partial charge in [0.25, 0.3) is 0 Å². The smallest absolute Gasteiger partial charge is 0.00445 e. The molecule has 0 bridgehead atoms. The minimum atomic E-state index is 0.468. The summed E-state index contributed by atoms with van der Waals surface area (Å²) >= 11 is 0. The molecule has 0 heterocycles. The number of fused-ring (bicyclic) bond motifs is 5. The van der Waals surface area contributed by atoms with Gasteiger partial charge in [-0.1, -0.05) is 71.9 Å². The van der Waals surface area contributed by atoms with Crippen molar-refractivity contribution in [3.8, 4) is 0 Å². The quantitative estimate of drug-likeness (QED) is 0.431. The van der Waals surface area contributed by atoms with E-state index < -0.39 is 0 Å². The molecule has 156 valence electrons. The minimum absolute atomic E-state index is 0.468. The molecular weight excluding hydrogens is 336 g/mol. The largest absolute Gasteiger partial charge is 0.0852 e. The number of allylic oxidation sites excluding steroid dienone is 6. The molecular formula is C28H44. The monoisotopic (exact) mass is 380 g/mol.